The Labute approximate surface area is 116 Å². The van der Waals surface area contributed by atoms with E-state index in [1.165, 1.54) is 0 Å². The Hall–Kier alpha value is -0.680. The molecule has 18 heavy (non-hydrogen) atoms. The van der Waals surface area contributed by atoms with Crippen molar-refractivity contribution in [3.63, 3.8) is 0 Å². The number of nitrogens with zero attached hydrogens (tertiary/aromatic N) is 2. The van der Waals surface area contributed by atoms with Crippen molar-refractivity contribution in [3.8, 4) is 0 Å². The second-order valence-corrected chi connectivity index (χ2v) is 5.78. The first-order chi connectivity index (χ1) is 8.51. The van der Waals surface area contributed by atoms with E-state index in [9.17, 15) is 4.79 Å². The van der Waals surface area contributed by atoms with Gasteiger partial charge in [-0.2, -0.15) is 5.10 Å². The molecule has 0 aromatic carbocycles. The third-order valence-corrected chi connectivity index (χ3v) is 4.74. The van der Waals surface area contributed by atoms with Gasteiger partial charge in [-0.05, 0) is 48.5 Å². The molecule has 2 N–H and O–H groups in total. The van der Waals surface area contributed by atoms with Crippen molar-refractivity contribution in [2.45, 2.75) is 58.0 Å². The number of halogens is 1. The number of aryl methyl sites for hydroxylation is 2. The number of Topliss-reactive ketones (excluding diaryl/α,β-unsaturated/α-hetero) is 1. The molecule has 0 atom stereocenters. The Kier molecular flexibility index (Phi) is 3.92. The lowest BCUT2D eigenvalue weighted by atomic mass is 9.73. The Morgan fingerprint density at radius 2 is 2.17 bits per heavy atom. The lowest BCUT2D eigenvalue weighted by molar-refractivity contribution is -0.126. The van der Waals surface area contributed by atoms with Crippen LogP contribution in [-0.4, -0.2) is 21.1 Å². The number of carbonyl (C=O) groups excluding carboxylic acids is 1. The highest BCUT2D eigenvalue weighted by atomic mass is 79.9. The molecule has 0 amide bonds. The predicted molar refractivity (Wildman–Crippen MR) is 74.5 cm³/mol. The number of rotatable bonds is 5. The summed E-state index contributed by atoms with van der Waals surface area (Å²) in [5, 5.41) is 4.50. The molecule has 1 aromatic heterocycles. The van der Waals surface area contributed by atoms with Crippen molar-refractivity contribution in [1.29, 1.82) is 0 Å². The minimum absolute atomic E-state index is 0.145. The molecule has 0 radical (unpaired) electrons. The lowest BCUT2D eigenvalue weighted by Gasteiger charge is -2.36. The van der Waals surface area contributed by atoms with Crippen LogP contribution < -0.4 is 5.73 Å². The minimum atomic E-state index is -0.575. The van der Waals surface area contributed by atoms with Gasteiger partial charge in [0.1, 0.15) is 0 Å². The maximum absolute atomic E-state index is 12.2. The van der Waals surface area contributed by atoms with Crippen LogP contribution in [0.5, 0.6) is 0 Å². The van der Waals surface area contributed by atoms with Gasteiger partial charge in [-0.15, -0.1) is 0 Å². The monoisotopic (exact) mass is 313 g/mol. The van der Waals surface area contributed by atoms with E-state index >= 15 is 0 Å². The van der Waals surface area contributed by atoms with Gasteiger partial charge >= 0.3 is 0 Å². The third kappa shape index (κ3) is 2.26. The summed E-state index contributed by atoms with van der Waals surface area (Å²) in [4.78, 5) is 12.2. The fourth-order valence-corrected chi connectivity index (χ4v) is 3.06. The Balaban J connectivity index is 2.22. The van der Waals surface area contributed by atoms with E-state index in [1.807, 2.05) is 11.6 Å². The van der Waals surface area contributed by atoms with E-state index in [0.717, 1.165) is 48.1 Å². The molecule has 1 aliphatic carbocycles. The van der Waals surface area contributed by atoms with Crippen molar-refractivity contribution >= 4 is 21.7 Å². The van der Waals surface area contributed by atoms with Crippen molar-refractivity contribution in [2.24, 2.45) is 5.73 Å². The van der Waals surface area contributed by atoms with E-state index in [0.29, 0.717) is 6.42 Å². The summed E-state index contributed by atoms with van der Waals surface area (Å²) >= 11 is 3.56. The van der Waals surface area contributed by atoms with Gasteiger partial charge in [0.2, 0.25) is 0 Å². The molecule has 100 valence electrons. The summed E-state index contributed by atoms with van der Waals surface area (Å²) in [6.07, 6.45) is 3.96. The molecule has 1 aromatic rings. The fraction of sp³-hybridized carbons (Fsp3) is 0.692. The van der Waals surface area contributed by atoms with Crippen molar-refractivity contribution in [3.05, 3.63) is 15.9 Å². The molecule has 2 rings (SSSR count). The number of aromatic nitrogens is 2. The van der Waals surface area contributed by atoms with Gasteiger partial charge in [0, 0.05) is 6.54 Å². The van der Waals surface area contributed by atoms with Crippen LogP contribution in [0.4, 0.5) is 0 Å². The highest BCUT2D eigenvalue weighted by Gasteiger charge is 2.40. The number of hydrogen-bond acceptors (Lipinski definition) is 3. The largest absolute Gasteiger partial charge is 0.319 e. The van der Waals surface area contributed by atoms with Crippen LogP contribution in [0, 0.1) is 0 Å². The molecule has 0 bridgehead atoms. The van der Waals surface area contributed by atoms with Crippen LogP contribution in [0.15, 0.2) is 4.47 Å². The Morgan fingerprint density at radius 3 is 2.61 bits per heavy atom. The number of carbonyl (C=O) groups is 1. The highest BCUT2D eigenvalue weighted by molar-refractivity contribution is 9.10. The minimum Gasteiger partial charge on any atom is -0.319 e. The summed E-state index contributed by atoms with van der Waals surface area (Å²) < 4.78 is 2.88. The molecule has 0 unspecified atom stereocenters. The van der Waals surface area contributed by atoms with Gasteiger partial charge in [0.15, 0.2) is 5.78 Å². The van der Waals surface area contributed by atoms with E-state index in [1.54, 1.807) is 0 Å². The van der Waals surface area contributed by atoms with Gasteiger partial charge in [-0.25, -0.2) is 0 Å². The quantitative estimate of drug-likeness (QED) is 0.906. The first kappa shape index (κ1) is 13.7. The second kappa shape index (κ2) is 5.13. The molecule has 5 heteroatoms. The van der Waals surface area contributed by atoms with Crippen molar-refractivity contribution in [2.75, 3.05) is 0 Å². The van der Waals surface area contributed by atoms with Gasteiger partial charge in [0.25, 0.3) is 0 Å². The maximum atomic E-state index is 12.2. The molecular weight excluding hydrogens is 294 g/mol. The zero-order valence-corrected chi connectivity index (χ0v) is 12.6. The van der Waals surface area contributed by atoms with Crippen LogP contribution in [0.25, 0.3) is 0 Å². The zero-order chi connectivity index (χ0) is 13.3. The molecule has 1 fully saturated rings. The van der Waals surface area contributed by atoms with Crippen LogP contribution in [-0.2, 0) is 24.2 Å². The molecule has 1 heterocycles. The van der Waals surface area contributed by atoms with Gasteiger partial charge in [0.05, 0.1) is 27.8 Å². The number of nitrogens with two attached hydrogens (primary N) is 1. The molecule has 1 saturated carbocycles. The molecule has 0 aliphatic heterocycles. The molecule has 0 saturated heterocycles. The average Bonchev–Trinajstić information content (AvgIpc) is 2.63. The van der Waals surface area contributed by atoms with Crippen LogP contribution in [0.1, 0.15) is 44.5 Å². The Morgan fingerprint density at radius 1 is 1.50 bits per heavy atom. The van der Waals surface area contributed by atoms with Crippen LogP contribution >= 0.6 is 15.9 Å². The summed E-state index contributed by atoms with van der Waals surface area (Å²) in [6.45, 7) is 4.88. The standard InChI is InChI=1S/C13H20BrN3O/c1-3-9-12(14)10(17(4-2)16-9)8-11(18)13(15)6-5-7-13/h3-8,15H2,1-2H3. The fourth-order valence-electron chi connectivity index (χ4n) is 2.35. The topological polar surface area (TPSA) is 60.9 Å². The molecular formula is C13H20BrN3O. The predicted octanol–water partition coefficient (Wildman–Crippen LogP) is 2.22. The van der Waals surface area contributed by atoms with Crippen LogP contribution in [0.2, 0.25) is 0 Å². The summed E-state index contributed by atoms with van der Waals surface area (Å²) in [5.74, 6) is 0.145. The number of hydrogen-bond donors (Lipinski definition) is 1. The van der Waals surface area contributed by atoms with Gasteiger partial charge in [-0.3, -0.25) is 9.48 Å². The summed E-state index contributed by atoms with van der Waals surface area (Å²) in [7, 11) is 0. The zero-order valence-electron chi connectivity index (χ0n) is 11.0. The maximum Gasteiger partial charge on any atom is 0.158 e. The van der Waals surface area contributed by atoms with Gasteiger partial charge in [-0.1, -0.05) is 6.92 Å². The van der Waals surface area contributed by atoms with Gasteiger partial charge < -0.3 is 5.73 Å². The number of ketones is 1. The van der Waals surface area contributed by atoms with E-state index in [2.05, 4.69) is 28.0 Å². The van der Waals surface area contributed by atoms with Crippen LogP contribution in [0.3, 0.4) is 0 Å². The first-order valence-corrected chi connectivity index (χ1v) is 7.37. The smallest absolute Gasteiger partial charge is 0.158 e. The second-order valence-electron chi connectivity index (χ2n) is 4.99. The van der Waals surface area contributed by atoms with E-state index < -0.39 is 5.54 Å². The van der Waals surface area contributed by atoms with E-state index in [4.69, 9.17) is 5.73 Å². The lowest BCUT2D eigenvalue weighted by Crippen LogP contribution is -2.54. The summed E-state index contributed by atoms with van der Waals surface area (Å²) in [6, 6.07) is 0. The molecule has 0 spiro atoms. The average molecular weight is 314 g/mol. The van der Waals surface area contributed by atoms with Crippen molar-refractivity contribution in [1.82, 2.24) is 9.78 Å². The summed E-state index contributed by atoms with van der Waals surface area (Å²) in [5.41, 5.74) is 7.49. The normalized spacial score (nSPS) is 17.6. The first-order valence-electron chi connectivity index (χ1n) is 6.58. The van der Waals surface area contributed by atoms with Crippen molar-refractivity contribution < 1.29 is 4.79 Å². The highest BCUT2D eigenvalue weighted by Crippen LogP contribution is 2.32. The SMILES string of the molecule is CCc1nn(CC)c(CC(=O)C2(N)CCC2)c1Br. The van der Waals surface area contributed by atoms with E-state index in [-0.39, 0.29) is 5.78 Å². The molecule has 4 nitrogen and oxygen atoms in total. The molecule has 1 aliphatic rings. The third-order valence-electron chi connectivity index (χ3n) is 3.82. The Bertz CT molecular complexity index is 463.